The van der Waals surface area contributed by atoms with Gasteiger partial charge in [-0.1, -0.05) is 6.07 Å². The Hall–Kier alpha value is -2.34. The molecule has 3 aromatic rings. The SMILES string of the molecule is O=C(NCc1coc(-c2cccs2)n1)c1ccc[nH]1. The van der Waals surface area contributed by atoms with Crippen LogP contribution in [0.3, 0.4) is 0 Å². The van der Waals surface area contributed by atoms with Crippen LogP contribution < -0.4 is 5.32 Å². The number of oxazole rings is 1. The maximum Gasteiger partial charge on any atom is 0.268 e. The minimum absolute atomic E-state index is 0.161. The lowest BCUT2D eigenvalue weighted by Crippen LogP contribution is -2.23. The summed E-state index contributed by atoms with van der Waals surface area (Å²) in [5.74, 6) is 0.421. The van der Waals surface area contributed by atoms with E-state index in [9.17, 15) is 4.79 Å². The average Bonchev–Trinajstić information content (AvgIpc) is 3.14. The quantitative estimate of drug-likeness (QED) is 0.767. The highest BCUT2D eigenvalue weighted by Gasteiger charge is 2.09. The molecule has 96 valence electrons. The number of thiophene rings is 1. The number of carbonyl (C=O) groups excluding carboxylic acids is 1. The summed E-state index contributed by atoms with van der Waals surface area (Å²) in [4.78, 5) is 19.9. The zero-order chi connectivity index (χ0) is 13.1. The first-order chi connectivity index (χ1) is 9.33. The van der Waals surface area contributed by atoms with Crippen LogP contribution in [0.15, 0.2) is 46.5 Å². The maximum absolute atomic E-state index is 11.7. The summed E-state index contributed by atoms with van der Waals surface area (Å²) >= 11 is 1.56. The van der Waals surface area contributed by atoms with Crippen molar-refractivity contribution in [3.63, 3.8) is 0 Å². The van der Waals surface area contributed by atoms with Gasteiger partial charge in [-0.15, -0.1) is 11.3 Å². The van der Waals surface area contributed by atoms with Crippen molar-refractivity contribution in [1.29, 1.82) is 0 Å². The van der Waals surface area contributed by atoms with E-state index >= 15 is 0 Å². The van der Waals surface area contributed by atoms with Crippen LogP contribution >= 0.6 is 11.3 Å². The highest BCUT2D eigenvalue weighted by atomic mass is 32.1. The van der Waals surface area contributed by atoms with Gasteiger partial charge in [-0.05, 0) is 23.6 Å². The van der Waals surface area contributed by atoms with Gasteiger partial charge in [0.1, 0.15) is 12.0 Å². The largest absolute Gasteiger partial charge is 0.443 e. The van der Waals surface area contributed by atoms with E-state index in [1.807, 2.05) is 17.5 Å². The van der Waals surface area contributed by atoms with E-state index < -0.39 is 0 Å². The molecular weight excluding hydrogens is 262 g/mol. The van der Waals surface area contributed by atoms with E-state index in [1.54, 1.807) is 35.9 Å². The van der Waals surface area contributed by atoms with Crippen molar-refractivity contribution < 1.29 is 9.21 Å². The lowest BCUT2D eigenvalue weighted by molar-refractivity contribution is 0.0946. The molecule has 0 aliphatic carbocycles. The second-order valence-corrected chi connectivity index (χ2v) is 4.84. The molecular formula is C13H11N3O2S. The van der Waals surface area contributed by atoms with Gasteiger partial charge in [0.15, 0.2) is 0 Å². The predicted molar refractivity (Wildman–Crippen MR) is 71.8 cm³/mol. The van der Waals surface area contributed by atoms with Crippen LogP contribution in [-0.4, -0.2) is 15.9 Å². The number of H-pyrrole nitrogens is 1. The summed E-state index contributed by atoms with van der Waals surface area (Å²) in [6, 6.07) is 7.38. The second-order valence-electron chi connectivity index (χ2n) is 3.89. The minimum Gasteiger partial charge on any atom is -0.443 e. The summed E-state index contributed by atoms with van der Waals surface area (Å²) in [5, 5.41) is 4.74. The molecule has 3 rings (SSSR count). The Labute approximate surface area is 113 Å². The summed E-state index contributed by atoms with van der Waals surface area (Å²) in [6.07, 6.45) is 3.27. The molecule has 3 heterocycles. The first-order valence-corrected chi connectivity index (χ1v) is 6.61. The van der Waals surface area contributed by atoms with Crippen molar-refractivity contribution in [2.24, 2.45) is 0 Å². The zero-order valence-corrected chi connectivity index (χ0v) is 10.7. The van der Waals surface area contributed by atoms with Crippen LogP contribution in [-0.2, 0) is 6.54 Å². The van der Waals surface area contributed by atoms with Crippen molar-refractivity contribution >= 4 is 17.2 Å². The normalized spacial score (nSPS) is 10.5. The third-order valence-electron chi connectivity index (χ3n) is 2.56. The highest BCUT2D eigenvalue weighted by molar-refractivity contribution is 7.13. The van der Waals surface area contributed by atoms with Crippen molar-refractivity contribution in [3.05, 3.63) is 53.5 Å². The number of amides is 1. The third-order valence-corrected chi connectivity index (χ3v) is 3.41. The number of rotatable bonds is 4. The van der Waals surface area contributed by atoms with Crippen molar-refractivity contribution in [1.82, 2.24) is 15.3 Å². The molecule has 5 nitrogen and oxygen atoms in total. The topological polar surface area (TPSA) is 70.9 Å². The lowest BCUT2D eigenvalue weighted by atomic mass is 10.4. The van der Waals surface area contributed by atoms with Gasteiger partial charge < -0.3 is 14.7 Å². The first kappa shape index (κ1) is 11.7. The van der Waals surface area contributed by atoms with Gasteiger partial charge in [0.2, 0.25) is 5.89 Å². The number of nitrogens with zero attached hydrogens (tertiary/aromatic N) is 1. The molecule has 0 aliphatic rings. The van der Waals surface area contributed by atoms with E-state index in [2.05, 4.69) is 15.3 Å². The van der Waals surface area contributed by atoms with Crippen LogP contribution in [0, 0.1) is 0 Å². The Morgan fingerprint density at radius 1 is 1.42 bits per heavy atom. The van der Waals surface area contributed by atoms with Crippen LogP contribution in [0.2, 0.25) is 0 Å². The number of carbonyl (C=O) groups is 1. The van der Waals surface area contributed by atoms with Gasteiger partial charge in [-0.2, -0.15) is 0 Å². The molecule has 19 heavy (non-hydrogen) atoms. The summed E-state index contributed by atoms with van der Waals surface area (Å²) in [6.45, 7) is 0.340. The molecule has 0 saturated heterocycles. The van der Waals surface area contributed by atoms with Gasteiger partial charge >= 0.3 is 0 Å². The van der Waals surface area contributed by atoms with Crippen LogP contribution in [0.25, 0.3) is 10.8 Å². The Morgan fingerprint density at radius 2 is 2.37 bits per heavy atom. The minimum atomic E-state index is -0.161. The molecule has 0 saturated carbocycles. The zero-order valence-electron chi connectivity index (χ0n) is 9.92. The number of hydrogen-bond donors (Lipinski definition) is 2. The van der Waals surface area contributed by atoms with Crippen LogP contribution in [0.4, 0.5) is 0 Å². The number of nitrogens with one attached hydrogen (secondary N) is 2. The first-order valence-electron chi connectivity index (χ1n) is 5.73. The van der Waals surface area contributed by atoms with E-state index in [-0.39, 0.29) is 5.91 Å². The molecule has 0 radical (unpaired) electrons. The molecule has 0 spiro atoms. The smallest absolute Gasteiger partial charge is 0.268 e. The summed E-state index contributed by atoms with van der Waals surface area (Å²) in [7, 11) is 0. The van der Waals surface area contributed by atoms with Gasteiger partial charge in [-0.25, -0.2) is 4.98 Å². The van der Waals surface area contributed by atoms with Gasteiger partial charge in [0.25, 0.3) is 5.91 Å². The number of aromatic nitrogens is 2. The maximum atomic E-state index is 11.7. The lowest BCUT2D eigenvalue weighted by Gasteiger charge is -1.99. The fraction of sp³-hybridized carbons (Fsp3) is 0.0769. The van der Waals surface area contributed by atoms with Crippen molar-refractivity contribution in [2.45, 2.75) is 6.54 Å². The van der Waals surface area contributed by atoms with Gasteiger partial charge in [0.05, 0.1) is 17.1 Å². The monoisotopic (exact) mass is 273 g/mol. The highest BCUT2D eigenvalue weighted by Crippen LogP contribution is 2.23. The molecule has 6 heteroatoms. The fourth-order valence-electron chi connectivity index (χ4n) is 1.64. The second kappa shape index (κ2) is 5.11. The molecule has 3 aromatic heterocycles. The third kappa shape index (κ3) is 2.58. The summed E-state index contributed by atoms with van der Waals surface area (Å²) in [5.41, 5.74) is 1.23. The van der Waals surface area contributed by atoms with Gasteiger partial charge in [-0.3, -0.25) is 4.79 Å². The van der Waals surface area contributed by atoms with Crippen LogP contribution in [0.1, 0.15) is 16.2 Å². The molecule has 0 fully saturated rings. The molecule has 0 aromatic carbocycles. The molecule has 0 unspecified atom stereocenters. The Balaban J connectivity index is 1.63. The van der Waals surface area contributed by atoms with E-state index in [0.29, 0.717) is 23.8 Å². The van der Waals surface area contributed by atoms with E-state index in [4.69, 9.17) is 4.42 Å². The number of aromatic amines is 1. The molecule has 0 bridgehead atoms. The van der Waals surface area contributed by atoms with E-state index in [1.165, 1.54) is 0 Å². The van der Waals surface area contributed by atoms with Crippen molar-refractivity contribution in [2.75, 3.05) is 0 Å². The Kier molecular flexibility index (Phi) is 3.16. The Bertz CT molecular complexity index is 656. The molecule has 0 atom stereocenters. The van der Waals surface area contributed by atoms with E-state index in [0.717, 1.165) is 4.88 Å². The average molecular weight is 273 g/mol. The molecule has 2 N–H and O–H groups in total. The Morgan fingerprint density at radius 3 is 3.11 bits per heavy atom. The molecule has 0 aliphatic heterocycles. The van der Waals surface area contributed by atoms with Crippen LogP contribution in [0.5, 0.6) is 0 Å². The van der Waals surface area contributed by atoms with Gasteiger partial charge in [0, 0.05) is 6.20 Å². The molecule has 1 amide bonds. The van der Waals surface area contributed by atoms with Crippen molar-refractivity contribution in [3.8, 4) is 10.8 Å². The summed E-state index contributed by atoms with van der Waals surface area (Å²) < 4.78 is 5.37. The standard InChI is InChI=1S/C13H11N3O2S/c17-12(10-3-1-5-14-10)15-7-9-8-18-13(16-9)11-4-2-6-19-11/h1-6,8,14H,7H2,(H,15,17). The predicted octanol–water partition coefficient (Wildman–Crippen LogP) is 2.66. The fourth-order valence-corrected chi connectivity index (χ4v) is 2.29. The number of hydrogen-bond acceptors (Lipinski definition) is 4.